The van der Waals surface area contributed by atoms with Crippen molar-refractivity contribution in [2.45, 2.75) is 25.2 Å². The molecule has 8 heteroatoms. The standard InChI is InChI=1S/C28H19Cl2NO5/c1-14-6-8-15(9-7-14)13-31-26(34)21-22(27(31)35)28(24(32)17-4-2-3-5-18(17)25(28)33)36-23(21)19-11-10-16(29)12-20(19)30/h2-12,21-23H,13H2,1H3/t21-,22+,23+/m0/s1. The number of hydrogen-bond donors (Lipinski definition) is 0. The van der Waals surface area contributed by atoms with Gasteiger partial charge in [0.15, 0.2) is 0 Å². The molecule has 3 atom stereocenters. The average Bonchev–Trinajstić information content (AvgIpc) is 3.41. The first-order valence-electron chi connectivity index (χ1n) is 11.5. The van der Waals surface area contributed by atoms with E-state index in [1.165, 1.54) is 18.2 Å². The molecule has 2 amide bonds. The lowest BCUT2D eigenvalue weighted by molar-refractivity contribution is -0.145. The van der Waals surface area contributed by atoms with Gasteiger partial charge in [0.1, 0.15) is 0 Å². The average molecular weight is 520 g/mol. The summed E-state index contributed by atoms with van der Waals surface area (Å²) in [6.07, 6.45) is -1.08. The van der Waals surface area contributed by atoms with E-state index in [2.05, 4.69) is 0 Å². The third kappa shape index (κ3) is 3.08. The molecule has 3 aromatic carbocycles. The molecule has 1 spiro atoms. The van der Waals surface area contributed by atoms with Crippen LogP contribution in [0.2, 0.25) is 10.0 Å². The molecule has 3 aliphatic rings. The van der Waals surface area contributed by atoms with Gasteiger partial charge in [-0.15, -0.1) is 0 Å². The second-order valence-electron chi connectivity index (χ2n) is 9.40. The second kappa shape index (κ2) is 8.10. The van der Waals surface area contributed by atoms with Crippen molar-refractivity contribution in [1.82, 2.24) is 4.90 Å². The van der Waals surface area contributed by atoms with Crippen LogP contribution in [0.4, 0.5) is 0 Å². The van der Waals surface area contributed by atoms with Crippen LogP contribution in [0, 0.1) is 18.8 Å². The lowest BCUT2D eigenvalue weighted by Crippen LogP contribution is -2.50. The number of fused-ring (bicyclic) bond motifs is 3. The summed E-state index contributed by atoms with van der Waals surface area (Å²) in [5.74, 6) is -4.72. The second-order valence-corrected chi connectivity index (χ2v) is 10.2. The predicted molar refractivity (Wildman–Crippen MR) is 132 cm³/mol. The van der Waals surface area contributed by atoms with E-state index in [0.717, 1.165) is 16.0 Å². The van der Waals surface area contributed by atoms with E-state index in [1.54, 1.807) is 24.3 Å². The van der Waals surface area contributed by atoms with E-state index in [9.17, 15) is 19.2 Å². The number of aryl methyl sites for hydroxylation is 1. The highest BCUT2D eigenvalue weighted by atomic mass is 35.5. The van der Waals surface area contributed by atoms with E-state index in [1.807, 2.05) is 31.2 Å². The van der Waals surface area contributed by atoms with Crippen LogP contribution < -0.4 is 0 Å². The van der Waals surface area contributed by atoms with Gasteiger partial charge >= 0.3 is 0 Å². The van der Waals surface area contributed by atoms with Crippen molar-refractivity contribution in [2.24, 2.45) is 11.8 Å². The first-order valence-corrected chi connectivity index (χ1v) is 12.2. The van der Waals surface area contributed by atoms with Crippen LogP contribution in [0.3, 0.4) is 0 Å². The Labute approximate surface area is 216 Å². The molecule has 0 saturated carbocycles. The van der Waals surface area contributed by atoms with E-state index >= 15 is 0 Å². The van der Waals surface area contributed by atoms with Crippen LogP contribution in [0.15, 0.2) is 66.7 Å². The topological polar surface area (TPSA) is 80.8 Å². The summed E-state index contributed by atoms with van der Waals surface area (Å²) in [4.78, 5) is 56.3. The molecule has 2 heterocycles. The molecule has 180 valence electrons. The fourth-order valence-corrected chi connectivity index (χ4v) is 6.14. The maximum atomic E-state index is 13.9. The molecule has 3 aromatic rings. The van der Waals surface area contributed by atoms with Gasteiger partial charge in [-0.3, -0.25) is 24.1 Å². The third-order valence-corrected chi connectivity index (χ3v) is 7.90. The predicted octanol–water partition coefficient (Wildman–Crippen LogP) is 4.99. The molecule has 0 N–H and O–H groups in total. The van der Waals surface area contributed by atoms with Crippen LogP contribution >= 0.6 is 23.2 Å². The lowest BCUT2D eigenvalue weighted by Gasteiger charge is -2.27. The highest BCUT2D eigenvalue weighted by Gasteiger charge is 2.74. The van der Waals surface area contributed by atoms with Gasteiger partial charge in [-0.2, -0.15) is 0 Å². The molecule has 6 nitrogen and oxygen atoms in total. The van der Waals surface area contributed by atoms with Crippen LogP contribution in [0.1, 0.15) is 43.5 Å². The van der Waals surface area contributed by atoms with Crippen LogP contribution in [-0.4, -0.2) is 33.9 Å². The highest BCUT2D eigenvalue weighted by Crippen LogP contribution is 2.58. The number of Topliss-reactive ketones (excluding diaryl/α,β-unsaturated/α-hetero) is 2. The molecule has 1 aliphatic carbocycles. The van der Waals surface area contributed by atoms with Crippen LogP contribution in [0.5, 0.6) is 0 Å². The maximum absolute atomic E-state index is 13.9. The number of carbonyl (C=O) groups is 4. The summed E-state index contributed by atoms with van der Waals surface area (Å²) < 4.78 is 6.25. The zero-order valence-electron chi connectivity index (χ0n) is 19.0. The number of imide groups is 1. The number of ether oxygens (including phenoxy) is 1. The Hall–Kier alpha value is -3.32. The number of carbonyl (C=O) groups excluding carboxylic acids is 4. The quantitative estimate of drug-likeness (QED) is 0.359. The summed E-state index contributed by atoms with van der Waals surface area (Å²) in [5, 5.41) is 0.596. The Bertz CT molecular complexity index is 1450. The number of amides is 2. The van der Waals surface area contributed by atoms with Crippen molar-refractivity contribution in [1.29, 1.82) is 0 Å². The van der Waals surface area contributed by atoms with Crippen molar-refractivity contribution >= 4 is 46.6 Å². The van der Waals surface area contributed by atoms with Crippen molar-refractivity contribution in [3.8, 4) is 0 Å². The van der Waals surface area contributed by atoms with Crippen molar-refractivity contribution in [3.63, 3.8) is 0 Å². The van der Waals surface area contributed by atoms with Gasteiger partial charge in [0.05, 0.1) is 24.5 Å². The summed E-state index contributed by atoms with van der Waals surface area (Å²) in [5.41, 5.74) is 0.423. The number of likely N-dealkylation sites (tertiary alicyclic amines) is 1. The Morgan fingerprint density at radius 2 is 1.50 bits per heavy atom. The molecule has 6 rings (SSSR count). The van der Waals surface area contributed by atoms with E-state index in [0.29, 0.717) is 10.6 Å². The van der Waals surface area contributed by atoms with Crippen LogP contribution in [0.25, 0.3) is 0 Å². The number of nitrogens with zero attached hydrogens (tertiary/aromatic N) is 1. The molecular formula is C28H19Cl2NO5. The van der Waals surface area contributed by atoms with Gasteiger partial charge in [0.25, 0.3) is 0 Å². The number of ketones is 2. The summed E-state index contributed by atoms with van der Waals surface area (Å²) in [6.45, 7) is 1.97. The number of halogens is 2. The number of hydrogen-bond acceptors (Lipinski definition) is 5. The minimum Gasteiger partial charge on any atom is -0.349 e. The van der Waals surface area contributed by atoms with Gasteiger partial charge in [0.2, 0.25) is 29.0 Å². The SMILES string of the molecule is Cc1ccc(CN2C(=O)[C@@H]3[C@@H](c4ccc(Cl)cc4Cl)OC4(C(=O)c5ccccc5C4=O)[C@H]3C2=O)cc1. The fraction of sp³-hybridized carbons (Fsp3) is 0.214. The van der Waals surface area contributed by atoms with Crippen LogP contribution in [-0.2, 0) is 20.9 Å². The smallest absolute Gasteiger partial charge is 0.237 e. The molecule has 0 bridgehead atoms. The molecular weight excluding hydrogens is 501 g/mol. The Balaban J connectivity index is 1.49. The number of rotatable bonds is 3. The Kier molecular flexibility index (Phi) is 5.20. The zero-order valence-corrected chi connectivity index (χ0v) is 20.5. The minimum atomic E-state index is -2.13. The van der Waals surface area contributed by atoms with Gasteiger partial charge in [-0.05, 0) is 24.6 Å². The lowest BCUT2D eigenvalue weighted by atomic mass is 9.77. The Morgan fingerprint density at radius 3 is 2.11 bits per heavy atom. The molecule has 2 aliphatic heterocycles. The van der Waals surface area contributed by atoms with Gasteiger partial charge in [-0.25, -0.2) is 0 Å². The summed E-state index contributed by atoms with van der Waals surface area (Å²) in [6, 6.07) is 18.5. The van der Waals surface area contributed by atoms with E-state index < -0.39 is 46.9 Å². The molecule has 2 fully saturated rings. The summed E-state index contributed by atoms with van der Waals surface area (Å²) >= 11 is 12.6. The van der Waals surface area contributed by atoms with Crippen molar-refractivity contribution in [2.75, 3.05) is 0 Å². The molecule has 0 unspecified atom stereocenters. The van der Waals surface area contributed by atoms with Crippen molar-refractivity contribution in [3.05, 3.63) is 105 Å². The highest BCUT2D eigenvalue weighted by molar-refractivity contribution is 6.36. The van der Waals surface area contributed by atoms with Gasteiger partial charge in [0, 0.05) is 26.7 Å². The first kappa shape index (κ1) is 23.1. The third-order valence-electron chi connectivity index (χ3n) is 7.34. The fourth-order valence-electron chi connectivity index (χ4n) is 5.62. The van der Waals surface area contributed by atoms with Gasteiger partial charge in [-0.1, -0.05) is 83.4 Å². The minimum absolute atomic E-state index is 0.0252. The molecule has 0 radical (unpaired) electrons. The monoisotopic (exact) mass is 519 g/mol. The van der Waals surface area contributed by atoms with Gasteiger partial charge < -0.3 is 4.74 Å². The first-order chi connectivity index (χ1) is 17.2. The van der Waals surface area contributed by atoms with E-state index in [-0.39, 0.29) is 22.7 Å². The molecule has 2 saturated heterocycles. The zero-order chi connectivity index (χ0) is 25.4. The Morgan fingerprint density at radius 1 is 0.861 bits per heavy atom. The normalized spacial score (nSPS) is 24.1. The molecule has 36 heavy (non-hydrogen) atoms. The van der Waals surface area contributed by atoms with E-state index in [4.69, 9.17) is 27.9 Å². The summed E-state index contributed by atoms with van der Waals surface area (Å²) in [7, 11) is 0. The molecule has 0 aromatic heterocycles. The van der Waals surface area contributed by atoms with Crippen molar-refractivity contribution < 1.29 is 23.9 Å². The largest absolute Gasteiger partial charge is 0.349 e. The number of benzene rings is 3. The maximum Gasteiger partial charge on any atom is 0.237 e.